The lowest BCUT2D eigenvalue weighted by Gasteiger charge is -2.39. The monoisotopic (exact) mass is 436 g/mol. The molecule has 32 heavy (non-hydrogen) atoms. The first kappa shape index (κ1) is 23.8. The molecule has 0 fully saturated rings. The van der Waals surface area contributed by atoms with Gasteiger partial charge in [0.2, 0.25) is 5.91 Å². The standard InChI is InChI=1S/C27H36N2O3/c1-7-24(27(31)28(6)19(4)5)32-22-14-13-20-15-16-29(26(30)18(2)3)25(23(20)17-22)21-11-9-8-10-12-21/h8-14,17-19,24-25H,7,15-16H2,1-6H3. The van der Waals surface area contributed by atoms with Gasteiger partial charge in [0.25, 0.3) is 5.91 Å². The molecule has 0 saturated carbocycles. The molecule has 2 aromatic rings. The Kier molecular flexibility index (Phi) is 7.60. The fraction of sp³-hybridized carbons (Fsp3) is 0.481. The Morgan fingerprint density at radius 1 is 1.09 bits per heavy atom. The van der Waals surface area contributed by atoms with Crippen LogP contribution in [0.3, 0.4) is 0 Å². The van der Waals surface area contributed by atoms with Crippen LogP contribution in [0, 0.1) is 5.92 Å². The fourth-order valence-electron chi connectivity index (χ4n) is 4.18. The molecule has 5 heteroatoms. The summed E-state index contributed by atoms with van der Waals surface area (Å²) in [4.78, 5) is 29.6. The van der Waals surface area contributed by atoms with Crippen molar-refractivity contribution in [1.29, 1.82) is 0 Å². The van der Waals surface area contributed by atoms with Crippen molar-refractivity contribution in [3.8, 4) is 5.75 Å². The number of nitrogens with zero attached hydrogens (tertiary/aromatic N) is 2. The first-order valence-corrected chi connectivity index (χ1v) is 11.7. The van der Waals surface area contributed by atoms with Crippen molar-refractivity contribution < 1.29 is 14.3 Å². The van der Waals surface area contributed by atoms with E-state index >= 15 is 0 Å². The van der Waals surface area contributed by atoms with Crippen LogP contribution in [0.15, 0.2) is 48.5 Å². The molecule has 0 aliphatic carbocycles. The van der Waals surface area contributed by atoms with Gasteiger partial charge in [-0.25, -0.2) is 0 Å². The van der Waals surface area contributed by atoms with Gasteiger partial charge in [0.05, 0.1) is 6.04 Å². The minimum atomic E-state index is -0.535. The van der Waals surface area contributed by atoms with Gasteiger partial charge in [0.15, 0.2) is 6.10 Å². The predicted octanol–water partition coefficient (Wildman–Crippen LogP) is 4.84. The van der Waals surface area contributed by atoms with Crippen molar-refractivity contribution >= 4 is 11.8 Å². The highest BCUT2D eigenvalue weighted by atomic mass is 16.5. The molecule has 1 aliphatic heterocycles. The zero-order valence-electron chi connectivity index (χ0n) is 20.2. The summed E-state index contributed by atoms with van der Waals surface area (Å²) in [6, 6.07) is 16.2. The maximum Gasteiger partial charge on any atom is 0.263 e. The molecule has 3 rings (SSSR count). The van der Waals surface area contributed by atoms with E-state index in [1.807, 2.05) is 76.9 Å². The molecule has 2 unspecified atom stereocenters. The molecule has 172 valence electrons. The van der Waals surface area contributed by atoms with Crippen molar-refractivity contribution in [3.63, 3.8) is 0 Å². The van der Waals surface area contributed by atoms with Crippen molar-refractivity contribution in [2.24, 2.45) is 5.92 Å². The molecule has 1 heterocycles. The number of hydrogen-bond donors (Lipinski definition) is 0. The van der Waals surface area contributed by atoms with Crippen LogP contribution in [0.5, 0.6) is 5.75 Å². The van der Waals surface area contributed by atoms with Crippen LogP contribution in [-0.4, -0.2) is 47.4 Å². The summed E-state index contributed by atoms with van der Waals surface area (Å²) in [6.07, 6.45) is 0.865. The molecule has 5 nitrogen and oxygen atoms in total. The molecular weight excluding hydrogens is 400 g/mol. The van der Waals surface area contributed by atoms with Crippen LogP contribution in [0.1, 0.15) is 63.8 Å². The zero-order valence-corrected chi connectivity index (χ0v) is 20.2. The summed E-state index contributed by atoms with van der Waals surface area (Å²) < 4.78 is 6.20. The van der Waals surface area contributed by atoms with Crippen LogP contribution in [0.2, 0.25) is 0 Å². The summed E-state index contributed by atoms with van der Waals surface area (Å²) in [6.45, 7) is 10.5. The fourth-order valence-corrected chi connectivity index (χ4v) is 4.18. The lowest BCUT2D eigenvalue weighted by atomic mass is 9.87. The van der Waals surface area contributed by atoms with E-state index in [2.05, 4.69) is 18.2 Å². The van der Waals surface area contributed by atoms with Gasteiger partial charge in [-0.2, -0.15) is 0 Å². The smallest absolute Gasteiger partial charge is 0.263 e. The Bertz CT molecular complexity index is 939. The zero-order chi connectivity index (χ0) is 23.4. The van der Waals surface area contributed by atoms with Gasteiger partial charge in [0, 0.05) is 25.6 Å². The highest BCUT2D eigenvalue weighted by Crippen LogP contribution is 2.38. The number of ether oxygens (including phenoxy) is 1. The number of carbonyl (C=O) groups excluding carboxylic acids is 2. The van der Waals surface area contributed by atoms with E-state index in [0.29, 0.717) is 18.7 Å². The Labute approximate surface area is 192 Å². The van der Waals surface area contributed by atoms with Gasteiger partial charge in [0.1, 0.15) is 5.75 Å². The molecule has 0 bridgehead atoms. The first-order chi connectivity index (χ1) is 15.2. The van der Waals surface area contributed by atoms with E-state index in [9.17, 15) is 9.59 Å². The number of hydrogen-bond acceptors (Lipinski definition) is 3. The normalized spacial score (nSPS) is 16.6. The molecule has 1 aliphatic rings. The van der Waals surface area contributed by atoms with Crippen LogP contribution in [0.4, 0.5) is 0 Å². The van der Waals surface area contributed by atoms with E-state index in [1.54, 1.807) is 4.90 Å². The average Bonchev–Trinajstić information content (AvgIpc) is 2.80. The van der Waals surface area contributed by atoms with E-state index in [-0.39, 0.29) is 29.8 Å². The van der Waals surface area contributed by atoms with Gasteiger partial charge < -0.3 is 14.5 Å². The minimum absolute atomic E-state index is 0.0172. The molecule has 0 aromatic heterocycles. The second-order valence-corrected chi connectivity index (χ2v) is 9.17. The second kappa shape index (κ2) is 10.2. The van der Waals surface area contributed by atoms with Crippen LogP contribution < -0.4 is 4.74 Å². The Morgan fingerprint density at radius 2 is 1.78 bits per heavy atom. The van der Waals surface area contributed by atoms with Crippen molar-refractivity contribution in [2.75, 3.05) is 13.6 Å². The van der Waals surface area contributed by atoms with Crippen LogP contribution in [0.25, 0.3) is 0 Å². The maximum atomic E-state index is 13.1. The molecule has 0 N–H and O–H groups in total. The van der Waals surface area contributed by atoms with Gasteiger partial charge >= 0.3 is 0 Å². The van der Waals surface area contributed by atoms with Crippen molar-refractivity contribution in [3.05, 3.63) is 65.2 Å². The molecule has 0 saturated heterocycles. The SMILES string of the molecule is CCC(Oc1ccc2c(c1)C(c1ccccc1)N(C(=O)C(C)C)CC2)C(=O)N(C)C(C)C. The van der Waals surface area contributed by atoms with Gasteiger partial charge in [-0.05, 0) is 55.5 Å². The summed E-state index contributed by atoms with van der Waals surface area (Å²) in [5, 5.41) is 0. The summed E-state index contributed by atoms with van der Waals surface area (Å²) in [5.41, 5.74) is 3.38. The summed E-state index contributed by atoms with van der Waals surface area (Å²) >= 11 is 0. The maximum absolute atomic E-state index is 13.1. The Balaban J connectivity index is 1.98. The minimum Gasteiger partial charge on any atom is -0.481 e. The Morgan fingerprint density at radius 3 is 2.38 bits per heavy atom. The van der Waals surface area contributed by atoms with E-state index in [1.165, 1.54) is 5.56 Å². The molecular formula is C27H36N2O3. The number of likely N-dealkylation sites (N-methyl/N-ethyl adjacent to an activating group) is 1. The van der Waals surface area contributed by atoms with Crippen molar-refractivity contribution in [1.82, 2.24) is 9.80 Å². The molecule has 2 amide bonds. The third-order valence-electron chi connectivity index (χ3n) is 6.28. The van der Waals surface area contributed by atoms with E-state index in [4.69, 9.17) is 4.74 Å². The molecule has 0 spiro atoms. The van der Waals surface area contributed by atoms with Gasteiger partial charge in [-0.1, -0.05) is 57.2 Å². The largest absolute Gasteiger partial charge is 0.481 e. The first-order valence-electron chi connectivity index (χ1n) is 11.7. The summed E-state index contributed by atoms with van der Waals surface area (Å²) in [7, 11) is 1.81. The van der Waals surface area contributed by atoms with E-state index < -0.39 is 6.10 Å². The van der Waals surface area contributed by atoms with Gasteiger partial charge in [-0.15, -0.1) is 0 Å². The summed E-state index contributed by atoms with van der Waals surface area (Å²) in [5.74, 6) is 0.726. The topological polar surface area (TPSA) is 49.9 Å². The van der Waals surface area contributed by atoms with E-state index in [0.717, 1.165) is 17.5 Å². The third-order valence-corrected chi connectivity index (χ3v) is 6.28. The lowest BCUT2D eigenvalue weighted by Crippen LogP contribution is -2.43. The van der Waals surface area contributed by atoms with Crippen LogP contribution >= 0.6 is 0 Å². The Hall–Kier alpha value is -2.82. The van der Waals surface area contributed by atoms with Gasteiger partial charge in [-0.3, -0.25) is 9.59 Å². The molecule has 2 aromatic carbocycles. The van der Waals surface area contributed by atoms with Crippen molar-refractivity contribution in [2.45, 2.75) is 65.6 Å². The predicted molar refractivity (Wildman–Crippen MR) is 128 cm³/mol. The van der Waals surface area contributed by atoms with Crippen LogP contribution in [-0.2, 0) is 16.0 Å². The highest BCUT2D eigenvalue weighted by Gasteiger charge is 2.33. The highest BCUT2D eigenvalue weighted by molar-refractivity contribution is 5.81. The number of carbonyl (C=O) groups is 2. The lowest BCUT2D eigenvalue weighted by molar-refractivity contribution is -0.139. The quantitative estimate of drug-likeness (QED) is 0.624. The average molecular weight is 437 g/mol. The molecule has 2 atom stereocenters. The third kappa shape index (κ3) is 4.98. The number of benzene rings is 2. The number of fused-ring (bicyclic) bond motifs is 1. The number of rotatable bonds is 7. The molecule has 0 radical (unpaired) electrons. The second-order valence-electron chi connectivity index (χ2n) is 9.17. The number of amides is 2.